The van der Waals surface area contributed by atoms with Gasteiger partial charge >= 0.3 is 0 Å². The summed E-state index contributed by atoms with van der Waals surface area (Å²) < 4.78 is 2.00. The van der Waals surface area contributed by atoms with Crippen molar-refractivity contribution in [2.45, 2.75) is 38.5 Å². The topological polar surface area (TPSA) is 79.2 Å². The molecule has 6 nitrogen and oxygen atoms in total. The average molecular weight is 505 g/mol. The third kappa shape index (κ3) is 8.05. The fourth-order valence-electron chi connectivity index (χ4n) is 4.04. The summed E-state index contributed by atoms with van der Waals surface area (Å²) in [5.41, 5.74) is 4.01. The normalized spacial score (nSPS) is 12.4. The summed E-state index contributed by atoms with van der Waals surface area (Å²) in [5, 5.41) is 16.7. The standard InChI is InChI=1S/C29H32N4O2.ClH/c1-22(31-20-27(34)25-10-6-3-7-11-25)18-23-12-14-26(15-13-23)32-29(35)19-28-30-16-17-33(28)21-24-8-4-2-5-9-24;/h2-17,22,27,31,34H,18-21H2,1H3,(H,32,35);1H/t22-,27-;/m0./s1. The van der Waals surface area contributed by atoms with Gasteiger partial charge in [-0.3, -0.25) is 4.79 Å². The van der Waals surface area contributed by atoms with Crippen LogP contribution in [0.25, 0.3) is 0 Å². The predicted octanol–water partition coefficient (Wildman–Crippen LogP) is 4.79. The van der Waals surface area contributed by atoms with Crippen LogP contribution < -0.4 is 10.6 Å². The van der Waals surface area contributed by atoms with Crippen LogP contribution in [0.3, 0.4) is 0 Å². The molecule has 36 heavy (non-hydrogen) atoms. The molecule has 0 fully saturated rings. The first-order valence-electron chi connectivity index (χ1n) is 12.0. The Labute approximate surface area is 218 Å². The summed E-state index contributed by atoms with van der Waals surface area (Å²) in [6.45, 7) is 3.29. The molecule has 2 atom stereocenters. The molecule has 0 aliphatic heterocycles. The molecule has 0 saturated carbocycles. The maximum atomic E-state index is 12.6. The number of nitrogens with zero attached hydrogens (tertiary/aromatic N) is 2. The van der Waals surface area contributed by atoms with E-state index in [1.807, 2.05) is 83.6 Å². The van der Waals surface area contributed by atoms with Crippen LogP contribution in [0.5, 0.6) is 0 Å². The highest BCUT2D eigenvalue weighted by atomic mass is 35.5. The molecule has 0 aliphatic carbocycles. The fraction of sp³-hybridized carbons (Fsp3) is 0.241. The van der Waals surface area contributed by atoms with E-state index in [9.17, 15) is 9.90 Å². The maximum absolute atomic E-state index is 12.6. The third-order valence-corrected chi connectivity index (χ3v) is 5.94. The first-order chi connectivity index (χ1) is 17.1. The molecule has 4 rings (SSSR count). The van der Waals surface area contributed by atoms with E-state index in [1.165, 1.54) is 5.56 Å². The molecule has 0 aliphatic rings. The van der Waals surface area contributed by atoms with E-state index in [-0.39, 0.29) is 30.8 Å². The molecule has 3 aromatic carbocycles. The fourth-order valence-corrected chi connectivity index (χ4v) is 4.04. The van der Waals surface area contributed by atoms with Gasteiger partial charge in [0.15, 0.2) is 0 Å². The second-order valence-corrected chi connectivity index (χ2v) is 8.82. The monoisotopic (exact) mass is 504 g/mol. The van der Waals surface area contributed by atoms with Crippen LogP contribution in [0.2, 0.25) is 0 Å². The molecule has 0 saturated heterocycles. The van der Waals surface area contributed by atoms with Crippen molar-refractivity contribution >= 4 is 24.0 Å². The van der Waals surface area contributed by atoms with Gasteiger partial charge in [-0.2, -0.15) is 0 Å². The summed E-state index contributed by atoms with van der Waals surface area (Å²) in [4.78, 5) is 17.0. The number of rotatable bonds is 11. The minimum atomic E-state index is -0.528. The lowest BCUT2D eigenvalue weighted by Gasteiger charge is -2.18. The molecule has 1 heterocycles. The Morgan fingerprint density at radius 1 is 0.944 bits per heavy atom. The highest BCUT2D eigenvalue weighted by Gasteiger charge is 2.12. The number of carbonyl (C=O) groups is 1. The van der Waals surface area contributed by atoms with Gasteiger partial charge in [-0.05, 0) is 42.2 Å². The molecule has 1 amide bonds. The Kier molecular flexibility index (Phi) is 10.2. The molecule has 4 aromatic rings. The van der Waals surface area contributed by atoms with Crippen molar-refractivity contribution in [3.05, 3.63) is 120 Å². The van der Waals surface area contributed by atoms with Crippen LogP contribution in [0.1, 0.15) is 35.5 Å². The number of aromatic nitrogens is 2. The van der Waals surface area contributed by atoms with Crippen LogP contribution in [0.15, 0.2) is 97.3 Å². The van der Waals surface area contributed by atoms with Gasteiger partial charge in [-0.15, -0.1) is 12.4 Å². The van der Waals surface area contributed by atoms with Crippen LogP contribution in [-0.4, -0.2) is 33.2 Å². The molecule has 0 bridgehead atoms. The molecule has 188 valence electrons. The van der Waals surface area contributed by atoms with Crippen molar-refractivity contribution in [1.29, 1.82) is 0 Å². The van der Waals surface area contributed by atoms with Gasteiger partial charge in [-0.1, -0.05) is 72.8 Å². The van der Waals surface area contributed by atoms with E-state index in [1.54, 1.807) is 6.20 Å². The van der Waals surface area contributed by atoms with Gasteiger partial charge in [0.25, 0.3) is 0 Å². The quantitative estimate of drug-likeness (QED) is 0.274. The van der Waals surface area contributed by atoms with E-state index in [0.717, 1.165) is 29.1 Å². The number of aliphatic hydroxyl groups is 1. The van der Waals surface area contributed by atoms with E-state index in [4.69, 9.17) is 0 Å². The maximum Gasteiger partial charge on any atom is 0.231 e. The van der Waals surface area contributed by atoms with E-state index < -0.39 is 6.10 Å². The lowest BCUT2D eigenvalue weighted by molar-refractivity contribution is -0.115. The number of hydrogen-bond donors (Lipinski definition) is 3. The molecule has 0 radical (unpaired) electrons. The zero-order chi connectivity index (χ0) is 24.5. The molecule has 7 heteroatoms. The Morgan fingerprint density at radius 2 is 1.61 bits per heavy atom. The molecular weight excluding hydrogens is 472 g/mol. The van der Waals surface area contributed by atoms with Gasteiger partial charge in [0, 0.05) is 37.2 Å². The first kappa shape index (κ1) is 27.1. The van der Waals surface area contributed by atoms with Gasteiger partial charge in [-0.25, -0.2) is 4.98 Å². The van der Waals surface area contributed by atoms with Crippen molar-refractivity contribution in [2.75, 3.05) is 11.9 Å². The first-order valence-corrected chi connectivity index (χ1v) is 12.0. The van der Waals surface area contributed by atoms with Gasteiger partial charge in [0.05, 0.1) is 12.5 Å². The zero-order valence-corrected chi connectivity index (χ0v) is 21.2. The van der Waals surface area contributed by atoms with Gasteiger partial charge in [0.1, 0.15) is 5.82 Å². The number of imidazole rings is 1. The second kappa shape index (κ2) is 13.6. The van der Waals surface area contributed by atoms with Crippen LogP contribution in [-0.2, 0) is 24.2 Å². The zero-order valence-electron chi connectivity index (χ0n) is 20.4. The van der Waals surface area contributed by atoms with Crippen molar-refractivity contribution < 1.29 is 9.90 Å². The van der Waals surface area contributed by atoms with Crippen LogP contribution in [0.4, 0.5) is 5.69 Å². The van der Waals surface area contributed by atoms with Gasteiger partial charge in [0.2, 0.25) is 5.91 Å². The third-order valence-electron chi connectivity index (χ3n) is 5.94. The number of hydrogen-bond acceptors (Lipinski definition) is 4. The summed E-state index contributed by atoms with van der Waals surface area (Å²) >= 11 is 0. The molecule has 0 spiro atoms. The molecule has 1 aromatic heterocycles. The number of anilines is 1. The Balaban J connectivity index is 0.00000361. The minimum Gasteiger partial charge on any atom is -0.387 e. The van der Waals surface area contributed by atoms with Crippen molar-refractivity contribution in [3.63, 3.8) is 0 Å². The summed E-state index contributed by atoms with van der Waals surface area (Å²) in [6.07, 6.45) is 4.14. The average Bonchev–Trinajstić information content (AvgIpc) is 3.31. The number of carbonyl (C=O) groups excluding carboxylic acids is 1. The highest BCUT2D eigenvalue weighted by Crippen LogP contribution is 2.14. The number of aliphatic hydroxyl groups excluding tert-OH is 1. The van der Waals surface area contributed by atoms with E-state index in [0.29, 0.717) is 13.1 Å². The minimum absolute atomic E-state index is 0. The second-order valence-electron chi connectivity index (χ2n) is 8.82. The highest BCUT2D eigenvalue weighted by molar-refractivity contribution is 5.91. The Morgan fingerprint density at radius 3 is 2.31 bits per heavy atom. The molecular formula is C29H33ClN4O2. The van der Waals surface area contributed by atoms with Crippen molar-refractivity contribution in [3.8, 4) is 0 Å². The van der Waals surface area contributed by atoms with Crippen LogP contribution >= 0.6 is 12.4 Å². The smallest absolute Gasteiger partial charge is 0.231 e. The summed E-state index contributed by atoms with van der Waals surface area (Å²) in [7, 11) is 0. The molecule has 3 N–H and O–H groups in total. The van der Waals surface area contributed by atoms with Gasteiger partial charge < -0.3 is 20.3 Å². The summed E-state index contributed by atoms with van der Waals surface area (Å²) in [6, 6.07) is 27.9. The number of benzene rings is 3. The predicted molar refractivity (Wildman–Crippen MR) is 146 cm³/mol. The Bertz CT molecular complexity index is 1200. The van der Waals surface area contributed by atoms with E-state index in [2.05, 4.69) is 34.7 Å². The van der Waals surface area contributed by atoms with Crippen LogP contribution in [0, 0.1) is 0 Å². The number of amides is 1. The number of nitrogens with one attached hydrogen (secondary N) is 2. The molecule has 0 unspecified atom stereocenters. The summed E-state index contributed by atoms with van der Waals surface area (Å²) in [5.74, 6) is 0.642. The lowest BCUT2D eigenvalue weighted by atomic mass is 10.1. The SMILES string of the molecule is C[C@@H](Cc1ccc(NC(=O)Cc2nccn2Cc2ccccc2)cc1)NC[C@H](O)c1ccccc1.Cl. The lowest BCUT2D eigenvalue weighted by Crippen LogP contribution is -2.32. The van der Waals surface area contributed by atoms with Crippen molar-refractivity contribution in [1.82, 2.24) is 14.9 Å². The Hall–Kier alpha value is -3.45. The largest absolute Gasteiger partial charge is 0.387 e. The van der Waals surface area contributed by atoms with E-state index >= 15 is 0 Å². The van der Waals surface area contributed by atoms with Crippen molar-refractivity contribution in [2.24, 2.45) is 0 Å². The number of halogens is 1.